The number of ether oxygens (including phenoxy) is 9. The lowest BCUT2D eigenvalue weighted by Crippen LogP contribution is -2.63. The summed E-state index contributed by atoms with van der Waals surface area (Å²) in [5, 5.41) is 0. The van der Waals surface area contributed by atoms with Crippen molar-refractivity contribution >= 4 is 13.8 Å². The highest BCUT2D eigenvalue weighted by atomic mass is 31.2. The fraction of sp³-hybridized carbons (Fsp3) is 0.513. The molecule has 0 N–H and O–H groups in total. The Labute approximate surface area is 314 Å². The second-order valence-electron chi connectivity index (χ2n) is 13.9. The molecule has 0 radical (unpaired) electrons. The Morgan fingerprint density at radius 2 is 1.39 bits per heavy atom. The van der Waals surface area contributed by atoms with Crippen LogP contribution in [0.5, 0.6) is 0 Å². The van der Waals surface area contributed by atoms with Gasteiger partial charge in [-0.1, -0.05) is 91.0 Å². The van der Waals surface area contributed by atoms with Crippen molar-refractivity contribution in [1.29, 1.82) is 0 Å². The van der Waals surface area contributed by atoms with Crippen molar-refractivity contribution in [2.45, 2.75) is 114 Å². The van der Waals surface area contributed by atoms with Gasteiger partial charge >= 0.3 is 13.8 Å². The lowest BCUT2D eigenvalue weighted by Gasteiger charge is -2.48. The van der Waals surface area contributed by atoms with Gasteiger partial charge in [0.25, 0.3) is 0 Å². The normalized spacial score (nSPS) is 34.3. The fourth-order valence-electron chi connectivity index (χ4n) is 7.02. The number of methoxy groups -OCH3 is 1. The van der Waals surface area contributed by atoms with Gasteiger partial charge in [0.15, 0.2) is 30.8 Å². The highest BCUT2D eigenvalue weighted by Gasteiger charge is 2.59. The molecule has 15 heteroatoms. The van der Waals surface area contributed by atoms with Gasteiger partial charge < -0.3 is 42.6 Å². The molecular formula is C39H47O14P. The molecule has 0 bridgehead atoms. The summed E-state index contributed by atoms with van der Waals surface area (Å²) in [7, 11) is -3.16. The van der Waals surface area contributed by atoms with Gasteiger partial charge in [0.2, 0.25) is 0 Å². The molecule has 3 aromatic carbocycles. The third kappa shape index (κ3) is 9.13. The van der Waals surface area contributed by atoms with Crippen molar-refractivity contribution in [2.75, 3.05) is 13.7 Å². The minimum absolute atomic E-state index is 0.0270. The number of hydrogen-bond acceptors (Lipinski definition) is 14. The Kier molecular flexibility index (Phi) is 12.3. The van der Waals surface area contributed by atoms with Crippen molar-refractivity contribution in [3.63, 3.8) is 0 Å². The van der Waals surface area contributed by atoms with E-state index in [0.717, 1.165) is 11.1 Å². The molecule has 0 spiro atoms. The summed E-state index contributed by atoms with van der Waals surface area (Å²) in [6.07, 6.45) is -10.2. The van der Waals surface area contributed by atoms with Crippen LogP contribution in [0.25, 0.3) is 0 Å². The van der Waals surface area contributed by atoms with Gasteiger partial charge in [0, 0.05) is 19.6 Å². The monoisotopic (exact) mass is 770 g/mol. The smallest absolute Gasteiger partial charge is 0.457 e. The molecule has 1 unspecified atom stereocenters. The van der Waals surface area contributed by atoms with Crippen LogP contribution in [0.2, 0.25) is 0 Å². The summed E-state index contributed by atoms with van der Waals surface area (Å²) < 4.78 is 89.4. The molecule has 0 amide bonds. The third-order valence-corrected chi connectivity index (χ3v) is 10.9. The summed E-state index contributed by atoms with van der Waals surface area (Å²) in [5.74, 6) is -1.61. The number of fused-ring (bicyclic) bond motifs is 2. The molecule has 4 fully saturated rings. The molecule has 0 aromatic heterocycles. The summed E-state index contributed by atoms with van der Waals surface area (Å²) in [4.78, 5) is 12.7. The van der Waals surface area contributed by atoms with Crippen molar-refractivity contribution in [3.05, 3.63) is 108 Å². The van der Waals surface area contributed by atoms with Crippen LogP contribution in [0.4, 0.5) is 0 Å². The average Bonchev–Trinajstić information content (AvgIpc) is 3.50. The predicted octanol–water partition coefficient (Wildman–Crippen LogP) is 5.98. The first-order valence-electron chi connectivity index (χ1n) is 18.0. The van der Waals surface area contributed by atoms with Crippen molar-refractivity contribution in [2.24, 2.45) is 0 Å². The largest absolute Gasteiger partial charge is 0.478 e. The van der Waals surface area contributed by atoms with Crippen LogP contribution in [0.1, 0.15) is 50.7 Å². The van der Waals surface area contributed by atoms with E-state index in [1.54, 1.807) is 20.8 Å². The molecule has 3 aromatic rings. The van der Waals surface area contributed by atoms with E-state index < -0.39 is 87.3 Å². The maximum absolute atomic E-state index is 15.2. The first kappa shape index (κ1) is 39.2. The van der Waals surface area contributed by atoms with Gasteiger partial charge in [-0.2, -0.15) is 0 Å². The van der Waals surface area contributed by atoms with Crippen LogP contribution < -0.4 is 0 Å². The Morgan fingerprint density at radius 1 is 0.759 bits per heavy atom. The van der Waals surface area contributed by atoms with Crippen LogP contribution in [0.3, 0.4) is 0 Å². The van der Waals surface area contributed by atoms with E-state index in [-0.39, 0.29) is 19.8 Å². The molecule has 12 atom stereocenters. The van der Waals surface area contributed by atoms with Crippen LogP contribution in [0.15, 0.2) is 91.0 Å². The molecule has 4 heterocycles. The summed E-state index contributed by atoms with van der Waals surface area (Å²) >= 11 is 0. The summed E-state index contributed by atoms with van der Waals surface area (Å²) in [6.45, 7) is 6.49. The quantitative estimate of drug-likeness (QED) is 0.148. The number of phosphoric ester groups is 1. The lowest BCUT2D eigenvalue weighted by atomic mass is 9.97. The molecule has 4 aliphatic rings. The molecule has 4 saturated heterocycles. The zero-order valence-corrected chi connectivity index (χ0v) is 31.7. The number of rotatable bonds is 13. The number of benzene rings is 3. The Bertz CT molecular complexity index is 1710. The number of esters is 1. The van der Waals surface area contributed by atoms with Gasteiger partial charge in [0.1, 0.15) is 36.6 Å². The van der Waals surface area contributed by atoms with Crippen molar-refractivity contribution in [1.82, 2.24) is 0 Å². The average molecular weight is 771 g/mol. The summed E-state index contributed by atoms with van der Waals surface area (Å²) in [6, 6.07) is 27.9. The van der Waals surface area contributed by atoms with Gasteiger partial charge in [0.05, 0.1) is 25.9 Å². The van der Waals surface area contributed by atoms with Gasteiger partial charge in [-0.05, 0) is 31.9 Å². The molecule has 7 rings (SSSR count). The highest BCUT2D eigenvalue weighted by Crippen LogP contribution is 2.56. The summed E-state index contributed by atoms with van der Waals surface area (Å²) in [5.41, 5.74) is 2.30. The first-order valence-corrected chi connectivity index (χ1v) is 19.5. The maximum atomic E-state index is 15.2. The second kappa shape index (κ2) is 17.0. The van der Waals surface area contributed by atoms with E-state index in [4.69, 9.17) is 56.2 Å². The number of phosphoric acid groups is 1. The topological polar surface area (TPSA) is 145 Å². The van der Waals surface area contributed by atoms with E-state index in [0.29, 0.717) is 5.56 Å². The molecule has 292 valence electrons. The Hall–Kier alpha value is -3.08. The molecule has 14 nitrogen and oxygen atoms in total. The number of hydrogen-bond donors (Lipinski definition) is 0. The van der Waals surface area contributed by atoms with Crippen molar-refractivity contribution in [3.8, 4) is 0 Å². The predicted molar refractivity (Wildman–Crippen MR) is 189 cm³/mol. The number of carbonyl (C=O) groups excluding carboxylic acids is 1. The molecule has 4 aliphatic heterocycles. The van der Waals surface area contributed by atoms with E-state index in [1.807, 2.05) is 91.0 Å². The fourth-order valence-corrected chi connectivity index (χ4v) is 8.51. The molecule has 0 aliphatic carbocycles. The van der Waals surface area contributed by atoms with E-state index in [2.05, 4.69) is 0 Å². The zero-order valence-electron chi connectivity index (χ0n) is 30.8. The highest BCUT2D eigenvalue weighted by molar-refractivity contribution is 7.48. The van der Waals surface area contributed by atoms with Gasteiger partial charge in [-0.25, -0.2) is 4.57 Å². The standard InChI is InChI=1S/C39H47O14P/c1-24-30(33-35(37(42-5)46-24)51-39(3,4)50-33)52-54(41,45-22-27-17-11-7-12-18-27)53-38-34(43-21-26-15-9-6-10-16-26)32(47-25(2)40)31-29(48-38)23-44-36(49-31)28-19-13-8-14-20-28/h6-20,24,29-38H,21-23H2,1-5H3/t24-,29+,30-,31+,32-,33+,34-,35+,36+,37+,38+,54?/m0/s1. The van der Waals surface area contributed by atoms with Crippen LogP contribution >= 0.6 is 7.82 Å². The minimum Gasteiger partial charge on any atom is -0.457 e. The third-order valence-electron chi connectivity index (χ3n) is 9.46. The minimum atomic E-state index is -4.66. The number of carbonyl (C=O) groups is 1. The lowest BCUT2D eigenvalue weighted by molar-refractivity contribution is -0.358. The van der Waals surface area contributed by atoms with E-state index in [1.165, 1.54) is 14.0 Å². The Balaban J connectivity index is 1.21. The van der Waals surface area contributed by atoms with E-state index >= 15 is 4.57 Å². The SMILES string of the molecule is CO[C@@H]1O[C@@H](C)[C@H](OP(=O)(OCc2ccccc2)O[C@H]2O[C@@H]3CO[C@@H](c4ccccc4)O[C@H]3[C@H](OC(C)=O)[C@@H]2OCc2ccccc2)[C@H]2OC(C)(C)O[C@@H]12. The zero-order chi connectivity index (χ0) is 37.9. The first-order chi connectivity index (χ1) is 26.0. The van der Waals surface area contributed by atoms with Crippen molar-refractivity contribution < 1.29 is 65.6 Å². The second-order valence-corrected chi connectivity index (χ2v) is 15.5. The van der Waals surface area contributed by atoms with Gasteiger partial charge in [-0.3, -0.25) is 18.4 Å². The van der Waals surface area contributed by atoms with Gasteiger partial charge in [-0.15, -0.1) is 0 Å². The molecular weight excluding hydrogens is 723 g/mol. The van der Waals surface area contributed by atoms with E-state index in [9.17, 15) is 4.79 Å². The Morgan fingerprint density at radius 3 is 2.04 bits per heavy atom. The molecule has 0 saturated carbocycles. The maximum Gasteiger partial charge on any atom is 0.478 e. The molecule has 54 heavy (non-hydrogen) atoms. The van der Waals surface area contributed by atoms with Crippen LogP contribution in [-0.4, -0.2) is 86.9 Å². The van der Waals surface area contributed by atoms with Crippen LogP contribution in [0, 0.1) is 0 Å². The van der Waals surface area contributed by atoms with Crippen LogP contribution in [-0.2, 0) is 78.8 Å².